The van der Waals surface area contributed by atoms with Crippen molar-refractivity contribution < 1.29 is 23.9 Å². The largest absolute Gasteiger partial charge is 0.459 e. The van der Waals surface area contributed by atoms with E-state index in [1.807, 2.05) is 0 Å². The molecule has 0 aromatic heterocycles. The maximum atomic E-state index is 11.9. The molecule has 5 nitrogen and oxygen atoms in total. The Morgan fingerprint density at radius 1 is 1.05 bits per heavy atom. The van der Waals surface area contributed by atoms with E-state index in [0.717, 1.165) is 19.3 Å². The van der Waals surface area contributed by atoms with Crippen molar-refractivity contribution in [1.82, 2.24) is 0 Å². The molecule has 1 aliphatic heterocycles. The number of hydrogen-bond acceptors (Lipinski definition) is 5. The molecule has 0 radical (unpaired) electrons. The van der Waals surface area contributed by atoms with E-state index in [2.05, 4.69) is 6.58 Å². The normalized spacial score (nSPS) is 46.2. The van der Waals surface area contributed by atoms with E-state index in [4.69, 9.17) is 9.47 Å². The summed E-state index contributed by atoms with van der Waals surface area (Å²) in [5.74, 6) is -0.247. The number of fused-ring (bicyclic) bond motifs is 8. The van der Waals surface area contributed by atoms with Crippen LogP contribution in [-0.4, -0.2) is 24.0 Å². The predicted octanol–water partition coefficient (Wildman–Crippen LogP) is 1.47. The zero-order valence-corrected chi connectivity index (χ0v) is 11.9. The number of ether oxygens (including phenoxy) is 2. The average molecular weight is 290 g/mol. The predicted molar refractivity (Wildman–Crippen MR) is 70.6 cm³/mol. The Labute approximate surface area is 122 Å². The second-order valence-electron chi connectivity index (χ2n) is 6.96. The van der Waals surface area contributed by atoms with E-state index in [1.165, 1.54) is 0 Å². The Balaban J connectivity index is 1.52. The fourth-order valence-corrected chi connectivity index (χ4v) is 5.29. The molecule has 112 valence electrons. The molecule has 0 spiro atoms. The topological polar surface area (TPSA) is 69.7 Å². The Morgan fingerprint density at radius 3 is 2.05 bits per heavy atom. The van der Waals surface area contributed by atoms with Gasteiger partial charge >= 0.3 is 17.9 Å². The van der Waals surface area contributed by atoms with Gasteiger partial charge in [-0.2, -0.15) is 0 Å². The van der Waals surface area contributed by atoms with Crippen LogP contribution in [0, 0.1) is 35.5 Å². The Bertz CT molecular complexity index is 531. The summed E-state index contributed by atoms with van der Waals surface area (Å²) in [5.41, 5.74) is 0.408. The molecule has 1 saturated heterocycles. The Morgan fingerprint density at radius 2 is 1.57 bits per heavy atom. The van der Waals surface area contributed by atoms with Gasteiger partial charge in [-0.15, -0.1) is 0 Å². The fraction of sp³-hybridized carbons (Fsp3) is 0.688. The molecule has 0 aromatic rings. The first-order valence-corrected chi connectivity index (χ1v) is 7.59. The summed E-state index contributed by atoms with van der Waals surface area (Å²) in [4.78, 5) is 35.4. The molecule has 6 atom stereocenters. The van der Waals surface area contributed by atoms with Crippen molar-refractivity contribution >= 4 is 17.9 Å². The van der Waals surface area contributed by atoms with Gasteiger partial charge in [-0.1, -0.05) is 6.58 Å². The van der Waals surface area contributed by atoms with E-state index in [-0.39, 0.29) is 47.7 Å². The fourth-order valence-electron chi connectivity index (χ4n) is 5.29. The lowest BCUT2D eigenvalue weighted by atomic mass is 9.70. The molecule has 6 unspecified atom stereocenters. The van der Waals surface area contributed by atoms with Crippen molar-refractivity contribution in [3.63, 3.8) is 0 Å². The quantitative estimate of drug-likeness (QED) is 0.437. The summed E-state index contributed by atoms with van der Waals surface area (Å²) >= 11 is 0. The highest BCUT2D eigenvalue weighted by atomic mass is 16.6. The minimum Gasteiger partial charge on any atom is -0.459 e. The van der Waals surface area contributed by atoms with Crippen LogP contribution in [0.15, 0.2) is 12.2 Å². The van der Waals surface area contributed by atoms with Crippen LogP contribution in [0.4, 0.5) is 0 Å². The number of hydrogen-bond donors (Lipinski definition) is 0. The monoisotopic (exact) mass is 290 g/mol. The summed E-state index contributed by atoms with van der Waals surface area (Å²) in [7, 11) is 0. The van der Waals surface area contributed by atoms with Crippen LogP contribution in [0.5, 0.6) is 0 Å². The van der Waals surface area contributed by atoms with Crippen LogP contribution in [0.3, 0.4) is 0 Å². The molecular formula is C16H18O5. The van der Waals surface area contributed by atoms with Crippen molar-refractivity contribution in [1.29, 1.82) is 0 Å². The molecule has 21 heavy (non-hydrogen) atoms. The molecule has 0 N–H and O–H groups in total. The van der Waals surface area contributed by atoms with Gasteiger partial charge < -0.3 is 9.47 Å². The van der Waals surface area contributed by atoms with Crippen molar-refractivity contribution in [2.45, 2.75) is 32.3 Å². The van der Waals surface area contributed by atoms with E-state index in [1.54, 1.807) is 6.92 Å². The van der Waals surface area contributed by atoms with E-state index >= 15 is 0 Å². The zero-order chi connectivity index (χ0) is 14.9. The maximum absolute atomic E-state index is 11.9. The zero-order valence-electron chi connectivity index (χ0n) is 11.9. The molecule has 2 bridgehead atoms. The highest BCUT2D eigenvalue weighted by Crippen LogP contribution is 2.65. The number of carbonyl (C=O) groups excluding carboxylic acids is 3. The third-order valence-electron chi connectivity index (χ3n) is 5.94. The summed E-state index contributed by atoms with van der Waals surface area (Å²) < 4.78 is 10.3. The number of cyclic esters (lactones) is 2. The summed E-state index contributed by atoms with van der Waals surface area (Å²) in [5, 5.41) is 0. The van der Waals surface area contributed by atoms with Gasteiger partial charge in [0.1, 0.15) is 6.10 Å². The van der Waals surface area contributed by atoms with Gasteiger partial charge in [0.15, 0.2) is 0 Å². The minimum absolute atomic E-state index is 0.0977. The summed E-state index contributed by atoms with van der Waals surface area (Å²) in [6.45, 7) is 5.24. The number of rotatable bonds is 2. The van der Waals surface area contributed by atoms with Crippen LogP contribution in [0.25, 0.3) is 0 Å². The SMILES string of the molecule is C=C(C)C(=O)OC1CC2C(C1)C1CC2C2C(=O)OC(=O)C12. The molecule has 0 aromatic carbocycles. The number of carbonyl (C=O) groups is 3. The smallest absolute Gasteiger partial charge is 0.333 e. The molecule has 3 saturated carbocycles. The van der Waals surface area contributed by atoms with Crippen LogP contribution < -0.4 is 0 Å². The first-order chi connectivity index (χ1) is 9.97. The lowest BCUT2D eigenvalue weighted by Gasteiger charge is -2.29. The van der Waals surface area contributed by atoms with E-state index < -0.39 is 0 Å². The van der Waals surface area contributed by atoms with Crippen LogP contribution >= 0.6 is 0 Å². The van der Waals surface area contributed by atoms with Gasteiger partial charge in [0.25, 0.3) is 0 Å². The van der Waals surface area contributed by atoms with Gasteiger partial charge in [0.2, 0.25) is 0 Å². The highest BCUT2D eigenvalue weighted by molar-refractivity contribution is 5.97. The average Bonchev–Trinajstić information content (AvgIpc) is 3.09. The molecule has 3 aliphatic carbocycles. The summed E-state index contributed by atoms with van der Waals surface area (Å²) in [6.07, 6.45) is 2.46. The van der Waals surface area contributed by atoms with Gasteiger partial charge in [-0.3, -0.25) is 9.59 Å². The van der Waals surface area contributed by atoms with Crippen molar-refractivity contribution in [3.8, 4) is 0 Å². The Hall–Kier alpha value is -1.65. The third kappa shape index (κ3) is 1.66. The van der Waals surface area contributed by atoms with Gasteiger partial charge in [-0.25, -0.2) is 4.79 Å². The molecule has 4 aliphatic rings. The first kappa shape index (κ1) is 13.0. The lowest BCUT2D eigenvalue weighted by Crippen LogP contribution is -2.34. The standard InChI is InChI=1S/C16H18O5/c1-6(2)14(17)20-7-3-8-9(4-7)11-5-10(8)12-13(11)16(19)21-15(12)18/h7-13H,1,3-5H2,2H3. The number of esters is 3. The Kier molecular flexibility index (Phi) is 2.60. The second kappa shape index (κ2) is 4.18. The van der Waals surface area contributed by atoms with E-state index in [9.17, 15) is 14.4 Å². The maximum Gasteiger partial charge on any atom is 0.333 e. The van der Waals surface area contributed by atoms with Crippen molar-refractivity contribution in [3.05, 3.63) is 12.2 Å². The minimum atomic E-state index is -0.344. The molecule has 5 heteroatoms. The van der Waals surface area contributed by atoms with Crippen LogP contribution in [-0.2, 0) is 23.9 Å². The second-order valence-corrected chi connectivity index (χ2v) is 6.96. The lowest BCUT2D eigenvalue weighted by molar-refractivity contribution is -0.155. The molecule has 1 heterocycles. The van der Waals surface area contributed by atoms with Gasteiger partial charge in [-0.05, 0) is 49.9 Å². The van der Waals surface area contributed by atoms with Crippen molar-refractivity contribution in [2.75, 3.05) is 0 Å². The molecule has 0 amide bonds. The molecule has 4 rings (SSSR count). The van der Waals surface area contributed by atoms with Crippen LogP contribution in [0.2, 0.25) is 0 Å². The molecular weight excluding hydrogens is 272 g/mol. The summed E-state index contributed by atoms with van der Waals surface area (Å²) in [6, 6.07) is 0. The first-order valence-electron chi connectivity index (χ1n) is 7.59. The highest BCUT2D eigenvalue weighted by Gasteiger charge is 2.68. The van der Waals surface area contributed by atoms with Gasteiger partial charge in [0, 0.05) is 5.57 Å². The van der Waals surface area contributed by atoms with Crippen LogP contribution in [0.1, 0.15) is 26.2 Å². The van der Waals surface area contributed by atoms with Gasteiger partial charge in [0.05, 0.1) is 11.8 Å². The third-order valence-corrected chi connectivity index (χ3v) is 5.94. The van der Waals surface area contributed by atoms with E-state index in [0.29, 0.717) is 17.4 Å². The molecule has 4 fully saturated rings. The van der Waals surface area contributed by atoms with Crippen molar-refractivity contribution in [2.24, 2.45) is 35.5 Å².